The van der Waals surface area contributed by atoms with Crippen LogP contribution in [0.4, 0.5) is 0 Å². The lowest BCUT2D eigenvalue weighted by Gasteiger charge is -1.83. The summed E-state index contributed by atoms with van der Waals surface area (Å²) in [7, 11) is 0. The zero-order valence-electron chi connectivity index (χ0n) is 12.8. The van der Waals surface area contributed by atoms with Crippen LogP contribution in [-0.4, -0.2) is 12.6 Å². The Morgan fingerprint density at radius 1 is 0.550 bits per heavy atom. The van der Waals surface area contributed by atoms with Crippen molar-refractivity contribution in [2.45, 2.75) is 52.4 Å². The molecule has 0 atom stereocenters. The van der Waals surface area contributed by atoms with Gasteiger partial charge in [-0.2, -0.15) is 0 Å². The Balaban J connectivity index is 0. The summed E-state index contributed by atoms with van der Waals surface area (Å²) in [6.45, 7) is 4.22. The van der Waals surface area contributed by atoms with E-state index in [1.165, 1.54) is 0 Å². The summed E-state index contributed by atoms with van der Waals surface area (Å²) < 4.78 is 0. The summed E-state index contributed by atoms with van der Waals surface area (Å²) >= 11 is 0. The van der Waals surface area contributed by atoms with E-state index < -0.39 is 0 Å². The topological polar surface area (TPSA) is 34.1 Å². The largest absolute Gasteiger partial charge is 0.299 e. The second kappa shape index (κ2) is 22.5. The van der Waals surface area contributed by atoms with E-state index in [1.54, 1.807) is 12.2 Å². The summed E-state index contributed by atoms with van der Waals surface area (Å²) in [5, 5.41) is 0. The van der Waals surface area contributed by atoms with Gasteiger partial charge in [-0.15, -0.1) is 0 Å². The minimum Gasteiger partial charge on any atom is -0.299 e. The molecule has 0 fully saturated rings. The van der Waals surface area contributed by atoms with Gasteiger partial charge in [0.2, 0.25) is 0 Å². The van der Waals surface area contributed by atoms with Gasteiger partial charge in [0.05, 0.1) is 0 Å². The Morgan fingerprint density at radius 3 is 1.20 bits per heavy atom. The molecule has 0 radical (unpaired) electrons. The minimum atomic E-state index is 0.809. The quantitative estimate of drug-likeness (QED) is 0.244. The molecule has 20 heavy (non-hydrogen) atoms. The molecule has 0 rings (SSSR count). The third-order valence-corrected chi connectivity index (χ3v) is 2.23. The highest BCUT2D eigenvalue weighted by molar-refractivity contribution is 5.64. The molecule has 0 unspecified atom stereocenters. The van der Waals surface area contributed by atoms with Crippen molar-refractivity contribution in [3.8, 4) is 0 Å². The molecule has 0 aromatic heterocycles. The lowest BCUT2D eigenvalue weighted by molar-refractivity contribution is -0.104. The molecule has 0 aromatic carbocycles. The lowest BCUT2D eigenvalue weighted by Crippen LogP contribution is -1.65. The average molecular weight is 276 g/mol. The van der Waals surface area contributed by atoms with Crippen LogP contribution in [0.15, 0.2) is 48.6 Å². The second-order valence-corrected chi connectivity index (χ2v) is 4.04. The Labute approximate surface area is 124 Å². The molecule has 0 saturated heterocycles. The number of carbonyl (C=O) groups is 2. The van der Waals surface area contributed by atoms with Crippen LogP contribution in [0.5, 0.6) is 0 Å². The molecule has 0 aliphatic carbocycles. The first-order chi connectivity index (χ1) is 9.83. The van der Waals surface area contributed by atoms with Crippen molar-refractivity contribution < 1.29 is 9.59 Å². The van der Waals surface area contributed by atoms with E-state index in [0.717, 1.165) is 51.1 Å². The fourth-order valence-corrected chi connectivity index (χ4v) is 1.26. The molecule has 0 aromatic rings. The van der Waals surface area contributed by atoms with E-state index in [9.17, 15) is 9.59 Å². The number of hydrogen-bond acceptors (Lipinski definition) is 2. The van der Waals surface area contributed by atoms with E-state index >= 15 is 0 Å². The Bertz CT molecular complexity index is 277. The van der Waals surface area contributed by atoms with Crippen molar-refractivity contribution in [1.29, 1.82) is 0 Å². The summed E-state index contributed by atoms with van der Waals surface area (Å²) in [4.78, 5) is 19.6. The SMILES string of the molecule is CC/C=C\CC/C=C/C=O.CC/C=C\CC/C=C/C=O. The minimum absolute atomic E-state index is 0.809. The fraction of sp³-hybridized carbons (Fsp3) is 0.444. The zero-order valence-corrected chi connectivity index (χ0v) is 12.8. The van der Waals surface area contributed by atoms with Gasteiger partial charge in [0.15, 0.2) is 0 Å². The third kappa shape index (κ3) is 25.2. The van der Waals surface area contributed by atoms with E-state index in [2.05, 4.69) is 38.2 Å². The van der Waals surface area contributed by atoms with Gasteiger partial charge in [-0.05, 0) is 50.7 Å². The predicted octanol–water partition coefficient (Wildman–Crippen LogP) is 4.98. The number of carbonyl (C=O) groups excluding carboxylic acids is 2. The molecule has 0 saturated carbocycles. The van der Waals surface area contributed by atoms with Gasteiger partial charge in [0.25, 0.3) is 0 Å². The van der Waals surface area contributed by atoms with Gasteiger partial charge in [-0.1, -0.05) is 50.3 Å². The fourth-order valence-electron chi connectivity index (χ4n) is 1.26. The van der Waals surface area contributed by atoms with Crippen molar-refractivity contribution in [3.63, 3.8) is 0 Å². The smallest absolute Gasteiger partial charge is 0.142 e. The number of hydrogen-bond donors (Lipinski definition) is 0. The van der Waals surface area contributed by atoms with Gasteiger partial charge in [-0.25, -0.2) is 0 Å². The number of allylic oxidation sites excluding steroid dienone is 8. The van der Waals surface area contributed by atoms with Crippen LogP contribution in [0.2, 0.25) is 0 Å². The maximum atomic E-state index is 9.79. The van der Waals surface area contributed by atoms with Gasteiger partial charge < -0.3 is 0 Å². The van der Waals surface area contributed by atoms with E-state index in [1.807, 2.05) is 12.2 Å². The highest BCUT2D eigenvalue weighted by Gasteiger charge is 1.74. The Morgan fingerprint density at radius 2 is 0.900 bits per heavy atom. The average Bonchev–Trinajstić information content (AvgIpc) is 2.47. The number of unbranched alkanes of at least 4 members (excludes halogenated alkanes) is 2. The standard InChI is InChI=1S/2C9H14O/c2*1-2-3-4-5-6-7-8-9-10/h2*3-4,7-9H,2,5-6H2,1H3/b2*4-3-,8-7+. The van der Waals surface area contributed by atoms with Crippen LogP contribution in [0.3, 0.4) is 0 Å². The van der Waals surface area contributed by atoms with Gasteiger partial charge in [0, 0.05) is 0 Å². The van der Waals surface area contributed by atoms with Crippen LogP contribution in [-0.2, 0) is 9.59 Å². The van der Waals surface area contributed by atoms with Crippen LogP contribution in [0, 0.1) is 0 Å². The first-order valence-corrected chi connectivity index (χ1v) is 7.34. The zero-order chi connectivity index (χ0) is 15.3. The van der Waals surface area contributed by atoms with Gasteiger partial charge >= 0.3 is 0 Å². The van der Waals surface area contributed by atoms with Gasteiger partial charge in [-0.3, -0.25) is 9.59 Å². The number of aldehydes is 2. The molecule has 0 bridgehead atoms. The third-order valence-electron chi connectivity index (χ3n) is 2.23. The molecule has 0 N–H and O–H groups in total. The molecular formula is C18H28O2. The van der Waals surface area contributed by atoms with Crippen LogP contribution in [0.25, 0.3) is 0 Å². The highest BCUT2D eigenvalue weighted by Crippen LogP contribution is 1.93. The summed E-state index contributed by atoms with van der Waals surface area (Å²) in [5.41, 5.74) is 0. The molecule has 0 spiro atoms. The normalized spacial score (nSPS) is 11.3. The molecule has 2 nitrogen and oxygen atoms in total. The Hall–Kier alpha value is -1.70. The molecule has 0 aliphatic heterocycles. The van der Waals surface area contributed by atoms with Crippen LogP contribution >= 0.6 is 0 Å². The first kappa shape index (κ1) is 20.6. The lowest BCUT2D eigenvalue weighted by atomic mass is 10.2. The van der Waals surface area contributed by atoms with E-state index in [4.69, 9.17) is 0 Å². The molecule has 0 heterocycles. The first-order valence-electron chi connectivity index (χ1n) is 7.34. The predicted molar refractivity (Wildman–Crippen MR) is 87.7 cm³/mol. The van der Waals surface area contributed by atoms with Gasteiger partial charge in [0.1, 0.15) is 12.6 Å². The van der Waals surface area contributed by atoms with Crippen LogP contribution in [0.1, 0.15) is 52.4 Å². The molecule has 112 valence electrons. The Kier molecular flexibility index (Phi) is 23.2. The van der Waals surface area contributed by atoms with Crippen molar-refractivity contribution in [3.05, 3.63) is 48.6 Å². The maximum absolute atomic E-state index is 9.79. The molecule has 2 heteroatoms. The molecule has 0 aliphatic rings. The summed E-state index contributed by atoms with van der Waals surface area (Å²) in [6.07, 6.45) is 23.2. The summed E-state index contributed by atoms with van der Waals surface area (Å²) in [6, 6.07) is 0. The van der Waals surface area contributed by atoms with Crippen molar-refractivity contribution in [1.82, 2.24) is 0 Å². The molecular weight excluding hydrogens is 248 g/mol. The van der Waals surface area contributed by atoms with Crippen LogP contribution < -0.4 is 0 Å². The number of rotatable bonds is 10. The summed E-state index contributed by atoms with van der Waals surface area (Å²) in [5.74, 6) is 0. The maximum Gasteiger partial charge on any atom is 0.142 e. The second-order valence-electron chi connectivity index (χ2n) is 4.04. The highest BCUT2D eigenvalue weighted by atomic mass is 16.1. The monoisotopic (exact) mass is 276 g/mol. The van der Waals surface area contributed by atoms with E-state index in [0.29, 0.717) is 0 Å². The van der Waals surface area contributed by atoms with Crippen molar-refractivity contribution in [2.75, 3.05) is 0 Å². The van der Waals surface area contributed by atoms with Crippen molar-refractivity contribution >= 4 is 12.6 Å². The van der Waals surface area contributed by atoms with Crippen molar-refractivity contribution in [2.24, 2.45) is 0 Å². The van der Waals surface area contributed by atoms with E-state index in [-0.39, 0.29) is 0 Å². The molecule has 0 amide bonds.